The Balaban J connectivity index is 0. The lowest BCUT2D eigenvalue weighted by molar-refractivity contribution is -0.163. The van der Waals surface area contributed by atoms with Crippen molar-refractivity contribution in [3.63, 3.8) is 0 Å². The van der Waals surface area contributed by atoms with Gasteiger partial charge in [0.25, 0.3) is 0 Å². The highest BCUT2D eigenvalue weighted by Crippen LogP contribution is 1.76. The summed E-state index contributed by atoms with van der Waals surface area (Å²) in [5, 5.41) is 32.1. The summed E-state index contributed by atoms with van der Waals surface area (Å²) in [5.74, 6) is -2.12. The van der Waals surface area contributed by atoms with Crippen molar-refractivity contribution in [3.05, 3.63) is 0 Å². The second-order valence-corrected chi connectivity index (χ2v) is 2.22. The minimum atomic E-state index is -1.06. The van der Waals surface area contributed by atoms with Crippen molar-refractivity contribution >= 4 is 11.9 Å². The molecule has 8 nitrogen and oxygen atoms in total. The average molecular weight is 240 g/mol. The fourth-order valence-corrected chi connectivity index (χ4v) is 0.423. The number of ether oxygens (including phenoxy) is 2. The summed E-state index contributed by atoms with van der Waals surface area (Å²) in [6, 6.07) is 0. The lowest BCUT2D eigenvalue weighted by Crippen LogP contribution is -2.17. The molecule has 0 bridgehead atoms. The van der Waals surface area contributed by atoms with Crippen molar-refractivity contribution in [2.24, 2.45) is 0 Å². The predicted octanol–water partition coefficient (Wildman–Crippen LogP) is -2.97. The average Bonchev–Trinajstić information content (AvgIpc) is 2.30. The van der Waals surface area contributed by atoms with Gasteiger partial charge in [-0.2, -0.15) is 0 Å². The fourth-order valence-electron chi connectivity index (χ4n) is 0.423. The minimum absolute atomic E-state index is 0.0278. The number of hydrogen-bond donors (Lipinski definition) is 4. The van der Waals surface area contributed by atoms with E-state index >= 15 is 0 Å². The topological polar surface area (TPSA) is 134 Å². The Labute approximate surface area is 92.0 Å². The van der Waals surface area contributed by atoms with Gasteiger partial charge >= 0.3 is 11.9 Å². The maximum absolute atomic E-state index is 9.98. The third-order valence-corrected chi connectivity index (χ3v) is 0.957. The molecule has 0 aromatic carbocycles. The van der Waals surface area contributed by atoms with Crippen molar-refractivity contribution in [1.82, 2.24) is 0 Å². The summed E-state index contributed by atoms with van der Waals surface area (Å²) < 4.78 is 8.40. The van der Waals surface area contributed by atoms with Gasteiger partial charge in [0.1, 0.15) is 13.2 Å². The van der Waals surface area contributed by atoms with E-state index in [1.165, 1.54) is 0 Å². The Hall–Kier alpha value is -1.06. The molecule has 0 saturated heterocycles. The third-order valence-electron chi connectivity index (χ3n) is 0.957. The summed E-state index contributed by atoms with van der Waals surface area (Å²) in [4.78, 5) is 20.0. The molecule has 0 fully saturated rings. The molecule has 16 heavy (non-hydrogen) atoms. The van der Waals surface area contributed by atoms with Crippen LogP contribution in [0.4, 0.5) is 0 Å². The fraction of sp³-hybridized carbons (Fsp3) is 0.750. The second kappa shape index (κ2) is 13.9. The van der Waals surface area contributed by atoms with E-state index in [0.717, 1.165) is 0 Å². The van der Waals surface area contributed by atoms with Crippen LogP contribution in [-0.4, -0.2) is 72.0 Å². The first-order valence-corrected chi connectivity index (χ1v) is 4.37. The highest BCUT2D eigenvalue weighted by atomic mass is 16.6. The minimum Gasteiger partial charge on any atom is -0.394 e. The molecule has 0 aromatic heterocycles. The normalized spacial score (nSPS) is 9.00. The van der Waals surface area contributed by atoms with Gasteiger partial charge in [0.2, 0.25) is 0 Å². The number of carbonyl (C=O) groups is 2. The smallest absolute Gasteiger partial charge is 0.339 e. The molecule has 96 valence electrons. The van der Waals surface area contributed by atoms with E-state index in [2.05, 4.69) is 9.47 Å². The molecule has 0 amide bonds. The number of hydrogen-bond acceptors (Lipinski definition) is 8. The first kappa shape index (κ1) is 17.3. The first-order valence-electron chi connectivity index (χ1n) is 4.37. The third kappa shape index (κ3) is 15.4. The molecule has 0 radical (unpaired) electrons. The highest BCUT2D eigenvalue weighted by molar-refractivity contribution is 5.86. The van der Waals surface area contributed by atoms with Crippen LogP contribution in [0.25, 0.3) is 0 Å². The van der Waals surface area contributed by atoms with E-state index in [4.69, 9.17) is 20.4 Å². The van der Waals surface area contributed by atoms with Gasteiger partial charge in [0, 0.05) is 0 Å². The van der Waals surface area contributed by atoms with Gasteiger partial charge in [-0.25, -0.2) is 9.59 Å². The van der Waals surface area contributed by atoms with Gasteiger partial charge in [-0.15, -0.1) is 0 Å². The van der Waals surface area contributed by atoms with Crippen molar-refractivity contribution in [2.45, 2.75) is 0 Å². The van der Waals surface area contributed by atoms with E-state index < -0.39 is 25.2 Å². The summed E-state index contributed by atoms with van der Waals surface area (Å²) in [6.07, 6.45) is 0. The molecule has 0 saturated carbocycles. The molecule has 0 aliphatic rings. The van der Waals surface area contributed by atoms with Crippen molar-refractivity contribution < 1.29 is 39.5 Å². The predicted molar refractivity (Wildman–Crippen MR) is 50.3 cm³/mol. The molecular weight excluding hydrogens is 224 g/mol. The zero-order valence-corrected chi connectivity index (χ0v) is 8.66. The van der Waals surface area contributed by atoms with E-state index in [-0.39, 0.29) is 13.2 Å². The SMILES string of the molecule is O=C(CO)OC(=O)CO.OCCOCCO. The molecule has 0 spiro atoms. The zero-order valence-electron chi connectivity index (χ0n) is 8.66. The van der Waals surface area contributed by atoms with Crippen LogP contribution in [0.15, 0.2) is 0 Å². The van der Waals surface area contributed by atoms with Gasteiger partial charge in [-0.1, -0.05) is 0 Å². The van der Waals surface area contributed by atoms with Crippen LogP contribution >= 0.6 is 0 Å². The van der Waals surface area contributed by atoms with Gasteiger partial charge in [0.05, 0.1) is 26.4 Å². The van der Waals surface area contributed by atoms with E-state index in [1.54, 1.807) is 0 Å². The zero-order chi connectivity index (χ0) is 12.8. The molecule has 0 unspecified atom stereocenters. The molecule has 0 rings (SSSR count). The molecule has 0 heterocycles. The summed E-state index contributed by atoms with van der Waals surface area (Å²) in [5.41, 5.74) is 0. The summed E-state index contributed by atoms with van der Waals surface area (Å²) in [6.45, 7) is -1.02. The van der Waals surface area contributed by atoms with Crippen molar-refractivity contribution in [3.8, 4) is 0 Å². The van der Waals surface area contributed by atoms with Crippen molar-refractivity contribution in [2.75, 3.05) is 39.6 Å². The van der Waals surface area contributed by atoms with Crippen molar-refractivity contribution in [1.29, 1.82) is 0 Å². The van der Waals surface area contributed by atoms with E-state index in [0.29, 0.717) is 13.2 Å². The van der Waals surface area contributed by atoms with Gasteiger partial charge in [0.15, 0.2) is 0 Å². The number of aliphatic hydroxyl groups excluding tert-OH is 4. The Morgan fingerprint density at radius 1 is 0.812 bits per heavy atom. The summed E-state index contributed by atoms with van der Waals surface area (Å²) in [7, 11) is 0. The molecule has 0 aliphatic heterocycles. The van der Waals surface area contributed by atoms with Crippen LogP contribution < -0.4 is 0 Å². The van der Waals surface area contributed by atoms with Crippen LogP contribution in [-0.2, 0) is 19.1 Å². The maximum atomic E-state index is 9.98. The van der Waals surface area contributed by atoms with Gasteiger partial charge < -0.3 is 29.9 Å². The van der Waals surface area contributed by atoms with Gasteiger partial charge in [-0.05, 0) is 0 Å². The lowest BCUT2D eigenvalue weighted by atomic mass is 10.7. The van der Waals surface area contributed by atoms with Crippen LogP contribution in [0.3, 0.4) is 0 Å². The second-order valence-electron chi connectivity index (χ2n) is 2.22. The standard InChI is InChI=1S/C4H6O5.C4H10O3/c5-1-3(7)9-4(8)2-6;5-1-3-7-4-2-6/h5-6H,1-2H2;5-6H,1-4H2. The first-order chi connectivity index (χ1) is 7.62. The Morgan fingerprint density at radius 2 is 1.19 bits per heavy atom. The largest absolute Gasteiger partial charge is 0.394 e. The number of carbonyl (C=O) groups excluding carboxylic acids is 2. The van der Waals surface area contributed by atoms with E-state index in [1.807, 2.05) is 0 Å². The number of esters is 2. The Kier molecular flexibility index (Phi) is 15.1. The quantitative estimate of drug-likeness (QED) is 0.220. The van der Waals surface area contributed by atoms with Crippen LogP contribution in [0.2, 0.25) is 0 Å². The monoisotopic (exact) mass is 240 g/mol. The Bertz CT molecular complexity index is 163. The Morgan fingerprint density at radius 3 is 1.44 bits per heavy atom. The molecule has 0 aliphatic carbocycles. The summed E-state index contributed by atoms with van der Waals surface area (Å²) >= 11 is 0. The maximum Gasteiger partial charge on any atom is 0.339 e. The van der Waals surface area contributed by atoms with Crippen LogP contribution in [0.5, 0.6) is 0 Å². The lowest BCUT2D eigenvalue weighted by Gasteiger charge is -1.94. The van der Waals surface area contributed by atoms with Gasteiger partial charge in [-0.3, -0.25) is 0 Å². The highest BCUT2D eigenvalue weighted by Gasteiger charge is 2.05. The van der Waals surface area contributed by atoms with Crippen LogP contribution in [0, 0.1) is 0 Å². The number of rotatable bonds is 6. The number of aliphatic hydroxyl groups is 4. The van der Waals surface area contributed by atoms with Crippen LogP contribution in [0.1, 0.15) is 0 Å². The molecule has 0 aromatic rings. The van der Waals surface area contributed by atoms with E-state index in [9.17, 15) is 9.59 Å². The molecule has 0 atom stereocenters. The molecule has 8 heteroatoms. The molecular formula is C8H16O8. The molecule has 4 N–H and O–H groups in total.